The Balaban J connectivity index is 2.24. The minimum Gasteiger partial charge on any atom is -0.464 e. The zero-order valence-corrected chi connectivity index (χ0v) is 14.0. The fourth-order valence-corrected chi connectivity index (χ4v) is 2.30. The molecule has 2 N–H and O–H groups in total. The summed E-state index contributed by atoms with van der Waals surface area (Å²) in [5.74, 6) is -1.35. The van der Waals surface area contributed by atoms with Gasteiger partial charge in [-0.25, -0.2) is 4.79 Å². The van der Waals surface area contributed by atoms with Crippen LogP contribution in [0.25, 0.3) is 0 Å². The fraction of sp³-hybridized carbons (Fsp3) is 0.222. The van der Waals surface area contributed by atoms with E-state index in [1.807, 2.05) is 0 Å². The summed E-state index contributed by atoms with van der Waals surface area (Å²) in [5.41, 5.74) is 0.404. The molecule has 8 nitrogen and oxygen atoms in total. The lowest BCUT2D eigenvalue weighted by Gasteiger charge is -2.22. The van der Waals surface area contributed by atoms with Crippen molar-refractivity contribution >= 4 is 17.6 Å². The van der Waals surface area contributed by atoms with Gasteiger partial charge in [0.15, 0.2) is 6.04 Å². The first kappa shape index (κ1) is 19.1. The number of hydrogen-bond donors (Lipinski definition) is 2. The normalized spacial score (nSPS) is 12.7. The molecule has 0 fully saturated rings. The molecular weight excluding hydrogens is 340 g/mol. The van der Waals surface area contributed by atoms with E-state index in [0.717, 1.165) is 0 Å². The maximum absolute atomic E-state index is 12.3. The highest BCUT2D eigenvalue weighted by Gasteiger charge is 2.31. The number of aliphatic hydroxyl groups is 1. The van der Waals surface area contributed by atoms with Gasteiger partial charge >= 0.3 is 5.97 Å². The van der Waals surface area contributed by atoms with Gasteiger partial charge in [-0.05, 0) is 36.8 Å². The number of rotatable bonds is 7. The molecule has 2 aromatic carbocycles. The molecule has 0 aliphatic heterocycles. The van der Waals surface area contributed by atoms with Crippen LogP contribution in [-0.2, 0) is 9.53 Å². The molecule has 0 heterocycles. The van der Waals surface area contributed by atoms with Crippen molar-refractivity contribution in [3.05, 3.63) is 75.8 Å². The number of ether oxygens (including phenoxy) is 1. The average Bonchev–Trinajstić information content (AvgIpc) is 2.66. The quantitative estimate of drug-likeness (QED) is 0.444. The lowest BCUT2D eigenvalue weighted by molar-refractivity contribution is -0.384. The van der Waals surface area contributed by atoms with Crippen LogP contribution in [0.2, 0.25) is 0 Å². The van der Waals surface area contributed by atoms with Crippen LogP contribution in [0.15, 0.2) is 54.6 Å². The SMILES string of the molecule is CCOC(=O)[C@H](NC(=O)c1ccccc1)[C@@H](O)c1ccc([N+](=O)[O-])cc1. The van der Waals surface area contributed by atoms with Crippen LogP contribution in [-0.4, -0.2) is 34.6 Å². The minimum atomic E-state index is -1.43. The summed E-state index contributed by atoms with van der Waals surface area (Å²) < 4.78 is 4.92. The monoisotopic (exact) mass is 358 g/mol. The number of nitrogens with one attached hydrogen (secondary N) is 1. The molecule has 136 valence electrons. The summed E-state index contributed by atoms with van der Waals surface area (Å²) in [6.07, 6.45) is -1.43. The molecule has 8 heteroatoms. The third kappa shape index (κ3) is 4.64. The molecule has 0 aliphatic rings. The maximum Gasteiger partial charge on any atom is 0.331 e. The first-order valence-corrected chi connectivity index (χ1v) is 7.89. The Kier molecular flexibility index (Phi) is 6.40. The predicted octanol–water partition coefficient (Wildman–Crippen LogP) is 1.99. The van der Waals surface area contributed by atoms with Crippen molar-refractivity contribution < 1.29 is 24.4 Å². The van der Waals surface area contributed by atoms with Gasteiger partial charge in [-0.15, -0.1) is 0 Å². The van der Waals surface area contributed by atoms with E-state index >= 15 is 0 Å². The van der Waals surface area contributed by atoms with Gasteiger partial charge in [0.2, 0.25) is 0 Å². The minimum absolute atomic E-state index is 0.0729. The summed E-state index contributed by atoms with van der Waals surface area (Å²) in [6, 6.07) is 11.9. The van der Waals surface area contributed by atoms with Crippen molar-refractivity contribution in [1.82, 2.24) is 5.32 Å². The molecule has 0 saturated carbocycles. The highest BCUT2D eigenvalue weighted by Crippen LogP contribution is 2.21. The molecular formula is C18H18N2O6. The number of nitro benzene ring substituents is 1. The number of non-ortho nitro benzene ring substituents is 1. The molecule has 26 heavy (non-hydrogen) atoms. The van der Waals surface area contributed by atoms with Crippen molar-refractivity contribution in [2.75, 3.05) is 6.61 Å². The number of amides is 1. The van der Waals surface area contributed by atoms with Gasteiger partial charge in [0.05, 0.1) is 11.5 Å². The number of esters is 1. The van der Waals surface area contributed by atoms with Crippen LogP contribution < -0.4 is 5.32 Å². The van der Waals surface area contributed by atoms with Gasteiger partial charge in [0.25, 0.3) is 11.6 Å². The Labute approximate surface area is 149 Å². The van der Waals surface area contributed by atoms with Crippen LogP contribution in [0.4, 0.5) is 5.69 Å². The van der Waals surface area contributed by atoms with Crippen LogP contribution in [0.5, 0.6) is 0 Å². The number of benzene rings is 2. The summed E-state index contributed by atoms with van der Waals surface area (Å²) in [5, 5.41) is 23.7. The second-order valence-electron chi connectivity index (χ2n) is 5.36. The predicted molar refractivity (Wildman–Crippen MR) is 92.4 cm³/mol. The number of aliphatic hydroxyl groups excluding tert-OH is 1. The molecule has 1 amide bonds. The molecule has 0 bridgehead atoms. The maximum atomic E-state index is 12.3. The molecule has 0 spiro atoms. The lowest BCUT2D eigenvalue weighted by Crippen LogP contribution is -2.46. The van der Waals surface area contributed by atoms with E-state index in [9.17, 15) is 24.8 Å². The van der Waals surface area contributed by atoms with E-state index in [-0.39, 0.29) is 17.9 Å². The zero-order chi connectivity index (χ0) is 19.1. The van der Waals surface area contributed by atoms with Crippen molar-refractivity contribution in [3.63, 3.8) is 0 Å². The van der Waals surface area contributed by atoms with E-state index in [1.54, 1.807) is 37.3 Å². The lowest BCUT2D eigenvalue weighted by atomic mass is 10.0. The van der Waals surface area contributed by atoms with E-state index in [4.69, 9.17) is 4.74 Å². The van der Waals surface area contributed by atoms with Gasteiger partial charge in [0, 0.05) is 17.7 Å². The Morgan fingerprint density at radius 3 is 2.31 bits per heavy atom. The molecule has 0 saturated heterocycles. The second kappa shape index (κ2) is 8.72. The Bertz CT molecular complexity index is 776. The third-order valence-electron chi connectivity index (χ3n) is 3.62. The standard InChI is InChI=1S/C18H18N2O6/c1-2-26-18(23)15(19-17(22)13-6-4-3-5-7-13)16(21)12-8-10-14(11-9-12)20(24)25/h3-11,15-16,21H,2H2,1H3,(H,19,22)/t15-,16+/m1/s1. The Morgan fingerprint density at radius 1 is 1.15 bits per heavy atom. The van der Waals surface area contributed by atoms with E-state index < -0.39 is 28.9 Å². The van der Waals surface area contributed by atoms with Crippen molar-refractivity contribution in [3.8, 4) is 0 Å². The smallest absolute Gasteiger partial charge is 0.331 e. The fourth-order valence-electron chi connectivity index (χ4n) is 2.30. The van der Waals surface area contributed by atoms with Crippen LogP contribution in [0.1, 0.15) is 28.9 Å². The number of carbonyl (C=O) groups excluding carboxylic acids is 2. The van der Waals surface area contributed by atoms with Crippen molar-refractivity contribution in [2.24, 2.45) is 0 Å². The molecule has 0 unspecified atom stereocenters. The number of hydrogen-bond acceptors (Lipinski definition) is 6. The summed E-state index contributed by atoms with van der Waals surface area (Å²) >= 11 is 0. The topological polar surface area (TPSA) is 119 Å². The molecule has 2 rings (SSSR count). The highest BCUT2D eigenvalue weighted by atomic mass is 16.6. The van der Waals surface area contributed by atoms with Crippen LogP contribution in [0, 0.1) is 10.1 Å². The number of nitro groups is 1. The van der Waals surface area contributed by atoms with E-state index in [1.165, 1.54) is 24.3 Å². The second-order valence-corrected chi connectivity index (χ2v) is 5.36. The largest absolute Gasteiger partial charge is 0.464 e. The van der Waals surface area contributed by atoms with Gasteiger partial charge in [-0.1, -0.05) is 18.2 Å². The molecule has 2 aromatic rings. The number of nitrogens with zero attached hydrogens (tertiary/aromatic N) is 1. The summed E-state index contributed by atoms with van der Waals surface area (Å²) in [6.45, 7) is 1.68. The third-order valence-corrected chi connectivity index (χ3v) is 3.62. The highest BCUT2D eigenvalue weighted by molar-refractivity contribution is 5.96. The zero-order valence-electron chi connectivity index (χ0n) is 14.0. The molecule has 0 aromatic heterocycles. The average molecular weight is 358 g/mol. The Hall–Kier alpha value is -3.26. The molecule has 2 atom stereocenters. The van der Waals surface area contributed by atoms with Gasteiger partial charge in [-0.3, -0.25) is 14.9 Å². The summed E-state index contributed by atoms with van der Waals surface area (Å²) in [7, 11) is 0. The van der Waals surface area contributed by atoms with Crippen molar-refractivity contribution in [1.29, 1.82) is 0 Å². The van der Waals surface area contributed by atoms with E-state index in [2.05, 4.69) is 5.32 Å². The van der Waals surface area contributed by atoms with Crippen LogP contribution >= 0.6 is 0 Å². The van der Waals surface area contributed by atoms with E-state index in [0.29, 0.717) is 5.56 Å². The van der Waals surface area contributed by atoms with Gasteiger partial charge in [0.1, 0.15) is 6.10 Å². The molecule has 0 aliphatic carbocycles. The Morgan fingerprint density at radius 2 is 1.77 bits per heavy atom. The van der Waals surface area contributed by atoms with Crippen molar-refractivity contribution in [2.45, 2.75) is 19.1 Å². The van der Waals surface area contributed by atoms with Gasteiger partial charge < -0.3 is 15.2 Å². The first-order valence-electron chi connectivity index (χ1n) is 7.89. The summed E-state index contributed by atoms with van der Waals surface area (Å²) in [4.78, 5) is 34.7. The van der Waals surface area contributed by atoms with Crippen LogP contribution in [0.3, 0.4) is 0 Å². The number of carbonyl (C=O) groups is 2. The first-order chi connectivity index (χ1) is 12.4. The molecule has 0 radical (unpaired) electrons. The van der Waals surface area contributed by atoms with Gasteiger partial charge in [-0.2, -0.15) is 0 Å².